The van der Waals surface area contributed by atoms with E-state index in [0.717, 1.165) is 12.4 Å². The number of methoxy groups -OCH3 is 1. The third kappa shape index (κ3) is 3.36. The Morgan fingerprint density at radius 3 is 2.54 bits per heavy atom. The van der Waals surface area contributed by atoms with Gasteiger partial charge in [-0.25, -0.2) is 14.4 Å². The zero-order chi connectivity index (χ0) is 17.3. The van der Waals surface area contributed by atoms with E-state index in [1.165, 1.54) is 0 Å². The van der Waals surface area contributed by atoms with Crippen LogP contribution >= 0.6 is 11.6 Å². The van der Waals surface area contributed by atoms with Crippen LogP contribution in [-0.4, -0.2) is 46.2 Å². The van der Waals surface area contributed by atoms with E-state index in [9.17, 15) is 8.78 Å². The van der Waals surface area contributed by atoms with Gasteiger partial charge in [-0.2, -0.15) is 14.4 Å². The SMILES string of the molecule is COC1CN(c2nc(Cl)nc(OC(C)c3ncc(F)cn3)c2F)C1. The third-order valence-corrected chi connectivity index (χ3v) is 3.72. The topological polar surface area (TPSA) is 73.3 Å². The number of rotatable bonds is 5. The van der Waals surface area contributed by atoms with Crippen LogP contribution in [0.1, 0.15) is 18.9 Å². The number of hydrogen-bond donors (Lipinski definition) is 0. The van der Waals surface area contributed by atoms with Gasteiger partial charge in [-0.05, 0) is 18.5 Å². The molecule has 2 aromatic heterocycles. The molecule has 1 atom stereocenters. The summed E-state index contributed by atoms with van der Waals surface area (Å²) < 4.78 is 38.1. The number of anilines is 1. The van der Waals surface area contributed by atoms with Crippen molar-refractivity contribution in [1.29, 1.82) is 0 Å². The molecule has 0 spiro atoms. The molecule has 1 aliphatic heterocycles. The normalized spacial score (nSPS) is 16.0. The highest BCUT2D eigenvalue weighted by molar-refractivity contribution is 6.28. The fraction of sp³-hybridized carbons (Fsp3) is 0.429. The standard InChI is InChI=1S/C14H14ClF2N5O2/c1-7(11-18-3-8(16)4-19-11)24-13-10(17)12(20-14(15)21-13)22-5-9(6-22)23-2/h3-4,7,9H,5-6H2,1-2H3. The molecule has 0 N–H and O–H groups in total. The van der Waals surface area contributed by atoms with Crippen LogP contribution in [-0.2, 0) is 4.74 Å². The quantitative estimate of drug-likeness (QED) is 0.759. The summed E-state index contributed by atoms with van der Waals surface area (Å²) in [5.41, 5.74) is 0. The Morgan fingerprint density at radius 2 is 1.92 bits per heavy atom. The van der Waals surface area contributed by atoms with Crippen molar-refractivity contribution >= 4 is 17.4 Å². The lowest BCUT2D eigenvalue weighted by Crippen LogP contribution is -2.52. The first-order valence-electron chi connectivity index (χ1n) is 7.12. The first kappa shape index (κ1) is 16.7. The maximum absolute atomic E-state index is 14.6. The van der Waals surface area contributed by atoms with Crippen molar-refractivity contribution in [2.24, 2.45) is 0 Å². The predicted molar refractivity (Wildman–Crippen MR) is 81.0 cm³/mol. The highest BCUT2D eigenvalue weighted by Gasteiger charge is 2.32. The minimum absolute atomic E-state index is 0.0223. The van der Waals surface area contributed by atoms with Gasteiger partial charge in [0.05, 0.1) is 18.5 Å². The van der Waals surface area contributed by atoms with Gasteiger partial charge in [0.25, 0.3) is 5.88 Å². The van der Waals surface area contributed by atoms with Gasteiger partial charge in [0.2, 0.25) is 11.1 Å². The maximum atomic E-state index is 14.6. The van der Waals surface area contributed by atoms with Crippen LogP contribution in [0, 0.1) is 11.6 Å². The van der Waals surface area contributed by atoms with Crippen LogP contribution in [0.2, 0.25) is 5.28 Å². The van der Waals surface area contributed by atoms with Gasteiger partial charge >= 0.3 is 0 Å². The number of nitrogens with zero attached hydrogens (tertiary/aromatic N) is 5. The molecule has 128 valence electrons. The molecule has 24 heavy (non-hydrogen) atoms. The molecule has 0 amide bonds. The molecule has 1 aliphatic rings. The molecule has 0 aliphatic carbocycles. The molecule has 1 unspecified atom stereocenters. The summed E-state index contributed by atoms with van der Waals surface area (Å²) in [6.07, 6.45) is 1.28. The van der Waals surface area contributed by atoms with E-state index in [1.54, 1.807) is 18.9 Å². The summed E-state index contributed by atoms with van der Waals surface area (Å²) >= 11 is 5.86. The Hall–Kier alpha value is -2.13. The highest BCUT2D eigenvalue weighted by atomic mass is 35.5. The Morgan fingerprint density at radius 1 is 1.25 bits per heavy atom. The number of hydrogen-bond acceptors (Lipinski definition) is 7. The van der Waals surface area contributed by atoms with Crippen molar-refractivity contribution < 1.29 is 18.3 Å². The van der Waals surface area contributed by atoms with E-state index in [2.05, 4.69) is 19.9 Å². The zero-order valence-electron chi connectivity index (χ0n) is 12.9. The van der Waals surface area contributed by atoms with Gasteiger partial charge in [0.15, 0.2) is 23.6 Å². The molecule has 3 rings (SSSR count). The van der Waals surface area contributed by atoms with Crippen molar-refractivity contribution in [2.75, 3.05) is 25.1 Å². The molecular formula is C14H14ClF2N5O2. The molecule has 0 saturated carbocycles. The van der Waals surface area contributed by atoms with E-state index in [1.807, 2.05) is 0 Å². The zero-order valence-corrected chi connectivity index (χ0v) is 13.7. The van der Waals surface area contributed by atoms with Crippen molar-refractivity contribution in [3.8, 4) is 5.88 Å². The van der Waals surface area contributed by atoms with Gasteiger partial charge in [0, 0.05) is 20.2 Å². The molecule has 0 bridgehead atoms. The van der Waals surface area contributed by atoms with E-state index in [-0.39, 0.29) is 28.9 Å². The summed E-state index contributed by atoms with van der Waals surface area (Å²) in [5.74, 6) is -1.38. The van der Waals surface area contributed by atoms with Gasteiger partial charge in [-0.3, -0.25) is 0 Å². The monoisotopic (exact) mass is 357 g/mol. The second-order valence-corrected chi connectivity index (χ2v) is 5.56. The average molecular weight is 358 g/mol. The smallest absolute Gasteiger partial charge is 0.257 e. The van der Waals surface area contributed by atoms with E-state index in [4.69, 9.17) is 21.1 Å². The molecule has 1 saturated heterocycles. The van der Waals surface area contributed by atoms with Gasteiger partial charge in [-0.1, -0.05) is 0 Å². The summed E-state index contributed by atoms with van der Waals surface area (Å²) in [6.45, 7) is 2.58. The van der Waals surface area contributed by atoms with Gasteiger partial charge < -0.3 is 14.4 Å². The molecule has 1 fully saturated rings. The molecule has 0 radical (unpaired) electrons. The third-order valence-electron chi connectivity index (χ3n) is 3.55. The molecule has 10 heteroatoms. The Kier molecular flexibility index (Phi) is 4.72. The fourth-order valence-corrected chi connectivity index (χ4v) is 2.35. The van der Waals surface area contributed by atoms with Crippen molar-refractivity contribution in [2.45, 2.75) is 19.1 Å². The summed E-state index contributed by atoms with van der Waals surface area (Å²) in [4.78, 5) is 16.9. The average Bonchev–Trinajstić information content (AvgIpc) is 2.51. The lowest BCUT2D eigenvalue weighted by molar-refractivity contribution is 0.0776. The number of ether oxygens (including phenoxy) is 2. The molecule has 2 aromatic rings. The molecule has 3 heterocycles. The first-order valence-corrected chi connectivity index (χ1v) is 7.50. The van der Waals surface area contributed by atoms with Gasteiger partial charge in [0.1, 0.15) is 0 Å². The van der Waals surface area contributed by atoms with E-state index in [0.29, 0.717) is 13.1 Å². The fourth-order valence-electron chi connectivity index (χ4n) is 2.19. The Balaban J connectivity index is 1.80. The van der Waals surface area contributed by atoms with Crippen LogP contribution in [0.3, 0.4) is 0 Å². The maximum Gasteiger partial charge on any atom is 0.257 e. The molecule has 0 aromatic carbocycles. The second-order valence-electron chi connectivity index (χ2n) is 5.22. The Labute approximate surface area is 141 Å². The summed E-state index contributed by atoms with van der Waals surface area (Å²) in [7, 11) is 1.59. The number of halogens is 3. The predicted octanol–water partition coefficient (Wildman–Crippen LogP) is 2.17. The van der Waals surface area contributed by atoms with Crippen LogP contribution in [0.5, 0.6) is 5.88 Å². The van der Waals surface area contributed by atoms with Crippen molar-refractivity contribution in [3.63, 3.8) is 0 Å². The molecule has 7 nitrogen and oxygen atoms in total. The highest BCUT2D eigenvalue weighted by Crippen LogP contribution is 2.31. The summed E-state index contributed by atoms with van der Waals surface area (Å²) in [5, 5.41) is -0.144. The first-order chi connectivity index (χ1) is 11.5. The lowest BCUT2D eigenvalue weighted by Gasteiger charge is -2.39. The lowest BCUT2D eigenvalue weighted by atomic mass is 10.1. The van der Waals surface area contributed by atoms with E-state index < -0.39 is 17.7 Å². The van der Waals surface area contributed by atoms with Crippen LogP contribution in [0.4, 0.5) is 14.6 Å². The van der Waals surface area contributed by atoms with Crippen molar-refractivity contribution in [3.05, 3.63) is 35.1 Å². The summed E-state index contributed by atoms with van der Waals surface area (Å²) in [6, 6.07) is 0. The Bertz CT molecular complexity index is 728. The van der Waals surface area contributed by atoms with Crippen molar-refractivity contribution in [1.82, 2.24) is 19.9 Å². The second kappa shape index (κ2) is 6.78. The largest absolute Gasteiger partial charge is 0.464 e. The van der Waals surface area contributed by atoms with E-state index >= 15 is 0 Å². The van der Waals surface area contributed by atoms with Gasteiger partial charge in [-0.15, -0.1) is 0 Å². The van der Waals surface area contributed by atoms with Crippen LogP contribution < -0.4 is 9.64 Å². The molecular weight excluding hydrogens is 344 g/mol. The van der Waals surface area contributed by atoms with Crippen LogP contribution in [0.15, 0.2) is 12.4 Å². The minimum atomic E-state index is -0.748. The number of aromatic nitrogens is 4. The van der Waals surface area contributed by atoms with Crippen LogP contribution in [0.25, 0.3) is 0 Å². The minimum Gasteiger partial charge on any atom is -0.464 e.